The second-order valence-electron chi connectivity index (χ2n) is 4.03. The summed E-state index contributed by atoms with van der Waals surface area (Å²) in [4.78, 5) is 4.04. The highest BCUT2D eigenvalue weighted by atomic mass is 35.5. The number of hydrogen-bond donors (Lipinski definition) is 1. The molecule has 86 valence electrons. The lowest BCUT2D eigenvalue weighted by Crippen LogP contribution is -2.54. The van der Waals surface area contributed by atoms with Crippen LogP contribution in [0.4, 0.5) is 0 Å². The van der Waals surface area contributed by atoms with Gasteiger partial charge in [0, 0.05) is 36.6 Å². The summed E-state index contributed by atoms with van der Waals surface area (Å²) in [5, 5.41) is 5.66. The van der Waals surface area contributed by atoms with Crippen molar-refractivity contribution in [3.8, 4) is 0 Å². The molecule has 4 heteroatoms. The zero-order valence-corrected chi connectivity index (χ0v) is 10.9. The van der Waals surface area contributed by atoms with E-state index in [0.29, 0.717) is 12.1 Å². The molecule has 2 heterocycles. The van der Waals surface area contributed by atoms with Crippen LogP contribution in [0.1, 0.15) is 18.7 Å². The number of halogens is 1. The second-order valence-corrected chi connectivity index (χ2v) is 5.07. The van der Waals surface area contributed by atoms with E-state index in [1.54, 1.807) is 0 Å². The first-order valence-electron chi connectivity index (χ1n) is 5.27. The lowest BCUT2D eigenvalue weighted by Gasteiger charge is -2.38. The van der Waals surface area contributed by atoms with E-state index in [2.05, 4.69) is 41.6 Å². The van der Waals surface area contributed by atoms with Gasteiger partial charge in [0.25, 0.3) is 0 Å². The summed E-state index contributed by atoms with van der Waals surface area (Å²) in [7, 11) is 0. The van der Waals surface area contributed by atoms with E-state index in [9.17, 15) is 0 Å². The molecule has 1 aliphatic rings. The summed E-state index contributed by atoms with van der Waals surface area (Å²) < 4.78 is 0. The molecule has 0 aromatic carbocycles. The van der Waals surface area contributed by atoms with Crippen molar-refractivity contribution in [3.63, 3.8) is 0 Å². The van der Waals surface area contributed by atoms with Gasteiger partial charge in [0.1, 0.15) is 0 Å². The van der Waals surface area contributed by atoms with Gasteiger partial charge in [-0.1, -0.05) is 6.07 Å². The monoisotopic (exact) mass is 246 g/mol. The Bertz CT molecular complexity index is 276. The van der Waals surface area contributed by atoms with Crippen molar-refractivity contribution in [2.24, 2.45) is 0 Å². The van der Waals surface area contributed by atoms with Gasteiger partial charge in [-0.3, -0.25) is 4.90 Å². The lowest BCUT2D eigenvalue weighted by molar-refractivity contribution is 0.132. The largest absolute Gasteiger partial charge is 0.311 e. The summed E-state index contributed by atoms with van der Waals surface area (Å²) in [5.41, 5.74) is 0. The third kappa shape index (κ3) is 3.18. The van der Waals surface area contributed by atoms with E-state index >= 15 is 0 Å². The number of nitrogens with zero attached hydrogens (tertiary/aromatic N) is 1. The molecule has 1 N–H and O–H groups in total. The molecule has 0 radical (unpaired) electrons. The molecule has 0 aliphatic carbocycles. The van der Waals surface area contributed by atoms with E-state index in [1.165, 1.54) is 11.4 Å². The fourth-order valence-corrected chi connectivity index (χ4v) is 2.68. The summed E-state index contributed by atoms with van der Waals surface area (Å²) in [6.45, 7) is 7.99. The minimum Gasteiger partial charge on any atom is -0.311 e. The van der Waals surface area contributed by atoms with Crippen LogP contribution in [-0.2, 0) is 6.54 Å². The first kappa shape index (κ1) is 13.0. The normalized spacial score (nSPS) is 27.3. The van der Waals surface area contributed by atoms with Gasteiger partial charge in [0.15, 0.2) is 0 Å². The van der Waals surface area contributed by atoms with Crippen LogP contribution in [0.5, 0.6) is 0 Å². The van der Waals surface area contributed by atoms with Crippen LogP contribution >= 0.6 is 23.7 Å². The van der Waals surface area contributed by atoms with Gasteiger partial charge in [-0.05, 0) is 25.3 Å². The van der Waals surface area contributed by atoms with Crippen LogP contribution in [0, 0.1) is 0 Å². The summed E-state index contributed by atoms with van der Waals surface area (Å²) in [6.07, 6.45) is 0. The minimum atomic E-state index is 0. The first-order valence-corrected chi connectivity index (χ1v) is 6.15. The van der Waals surface area contributed by atoms with Crippen molar-refractivity contribution >= 4 is 23.7 Å². The van der Waals surface area contributed by atoms with Gasteiger partial charge in [-0.2, -0.15) is 0 Å². The maximum absolute atomic E-state index is 3.50. The van der Waals surface area contributed by atoms with Gasteiger partial charge in [-0.15, -0.1) is 23.7 Å². The third-order valence-corrected chi connectivity index (χ3v) is 3.97. The number of thiophene rings is 1. The second kappa shape index (κ2) is 5.85. The van der Waals surface area contributed by atoms with E-state index in [0.717, 1.165) is 13.1 Å². The van der Waals surface area contributed by atoms with Crippen molar-refractivity contribution < 1.29 is 0 Å². The fraction of sp³-hybridized carbons (Fsp3) is 0.636. The van der Waals surface area contributed by atoms with Crippen LogP contribution in [-0.4, -0.2) is 30.1 Å². The van der Waals surface area contributed by atoms with Crippen molar-refractivity contribution in [2.45, 2.75) is 32.5 Å². The fourth-order valence-electron chi connectivity index (χ4n) is 1.95. The van der Waals surface area contributed by atoms with Crippen LogP contribution in [0.3, 0.4) is 0 Å². The Hall–Kier alpha value is -0.0900. The molecule has 2 rings (SSSR count). The standard InChI is InChI=1S/C11H18N2S.ClH/c1-9-10(2)13(6-5-12-9)8-11-4-3-7-14-11;/h3-4,7,9-10,12H,5-6,8H2,1-2H3;1H. The minimum absolute atomic E-state index is 0. The molecule has 1 fully saturated rings. The average molecular weight is 247 g/mol. The Morgan fingerprint density at radius 2 is 2.33 bits per heavy atom. The highest BCUT2D eigenvalue weighted by Gasteiger charge is 2.23. The molecule has 1 aromatic rings. The Kier molecular flexibility index (Phi) is 5.06. The Labute approximate surface area is 102 Å². The van der Waals surface area contributed by atoms with Crippen LogP contribution in [0.15, 0.2) is 17.5 Å². The smallest absolute Gasteiger partial charge is 0.0331 e. The summed E-state index contributed by atoms with van der Waals surface area (Å²) in [5.74, 6) is 0. The van der Waals surface area contributed by atoms with E-state index < -0.39 is 0 Å². The molecule has 15 heavy (non-hydrogen) atoms. The number of nitrogens with one attached hydrogen (secondary N) is 1. The molecule has 2 nitrogen and oxygen atoms in total. The molecule has 2 atom stereocenters. The maximum atomic E-state index is 3.50. The SMILES string of the molecule is CC1NCCN(Cc2cccs2)C1C.Cl. The zero-order valence-electron chi connectivity index (χ0n) is 9.27. The lowest BCUT2D eigenvalue weighted by atomic mass is 10.1. The maximum Gasteiger partial charge on any atom is 0.0331 e. The van der Waals surface area contributed by atoms with Gasteiger partial charge < -0.3 is 5.32 Å². The molecule has 1 aromatic heterocycles. The highest BCUT2D eigenvalue weighted by Crippen LogP contribution is 2.16. The molecule has 0 bridgehead atoms. The van der Waals surface area contributed by atoms with Gasteiger partial charge >= 0.3 is 0 Å². The predicted molar refractivity (Wildman–Crippen MR) is 68.9 cm³/mol. The Balaban J connectivity index is 0.00000112. The number of hydrogen-bond acceptors (Lipinski definition) is 3. The van der Waals surface area contributed by atoms with Gasteiger partial charge in [0.2, 0.25) is 0 Å². The quantitative estimate of drug-likeness (QED) is 0.862. The first-order chi connectivity index (χ1) is 6.77. The van der Waals surface area contributed by atoms with Gasteiger partial charge in [-0.25, -0.2) is 0 Å². The van der Waals surface area contributed by atoms with Crippen molar-refractivity contribution in [3.05, 3.63) is 22.4 Å². The molecular formula is C11H19ClN2S. The topological polar surface area (TPSA) is 15.3 Å². The Morgan fingerprint density at radius 1 is 1.53 bits per heavy atom. The van der Waals surface area contributed by atoms with Gasteiger partial charge in [0.05, 0.1) is 0 Å². The van der Waals surface area contributed by atoms with E-state index in [-0.39, 0.29) is 12.4 Å². The van der Waals surface area contributed by atoms with E-state index in [1.807, 2.05) is 11.3 Å². The third-order valence-electron chi connectivity index (χ3n) is 3.10. The highest BCUT2D eigenvalue weighted by molar-refractivity contribution is 7.09. The molecule has 1 saturated heterocycles. The van der Waals surface area contributed by atoms with Crippen molar-refractivity contribution in [2.75, 3.05) is 13.1 Å². The Morgan fingerprint density at radius 3 is 3.00 bits per heavy atom. The van der Waals surface area contributed by atoms with Crippen LogP contribution in [0.25, 0.3) is 0 Å². The summed E-state index contributed by atoms with van der Waals surface area (Å²) in [6, 6.07) is 5.62. The van der Waals surface area contributed by atoms with Crippen molar-refractivity contribution in [1.29, 1.82) is 0 Å². The van der Waals surface area contributed by atoms with Crippen LogP contribution in [0.2, 0.25) is 0 Å². The van der Waals surface area contributed by atoms with E-state index in [4.69, 9.17) is 0 Å². The number of rotatable bonds is 2. The molecule has 1 aliphatic heterocycles. The molecule has 0 spiro atoms. The summed E-state index contributed by atoms with van der Waals surface area (Å²) >= 11 is 1.86. The molecular weight excluding hydrogens is 228 g/mol. The van der Waals surface area contributed by atoms with Crippen molar-refractivity contribution in [1.82, 2.24) is 10.2 Å². The predicted octanol–water partition coefficient (Wildman–Crippen LogP) is 2.35. The molecule has 2 unspecified atom stereocenters. The number of piperazine rings is 1. The molecule has 0 saturated carbocycles. The van der Waals surface area contributed by atoms with Crippen LogP contribution < -0.4 is 5.32 Å². The zero-order chi connectivity index (χ0) is 9.97. The molecule has 0 amide bonds. The average Bonchev–Trinajstić information content (AvgIpc) is 2.66.